The topological polar surface area (TPSA) is 70.2 Å². The highest BCUT2D eigenvalue weighted by Gasteiger charge is 2.59. The van der Waals surface area contributed by atoms with Gasteiger partial charge in [0, 0.05) is 45.2 Å². The number of carbonyl (C=O) groups excluding carboxylic acids is 3. The van der Waals surface area contributed by atoms with Crippen molar-refractivity contribution in [1.82, 2.24) is 14.7 Å². The van der Waals surface area contributed by atoms with Gasteiger partial charge in [-0.05, 0) is 44.1 Å². The molecule has 3 fully saturated rings. The van der Waals surface area contributed by atoms with Crippen LogP contribution in [-0.2, 0) is 14.3 Å². The number of piperidine rings is 1. The Labute approximate surface area is 184 Å². The molecular weight excluding hydrogens is 394 g/mol. The van der Waals surface area contributed by atoms with E-state index in [1.54, 1.807) is 11.8 Å². The molecule has 0 N–H and O–H groups in total. The summed E-state index contributed by atoms with van der Waals surface area (Å²) in [5.74, 6) is 0.341. The van der Waals surface area contributed by atoms with Crippen LogP contribution in [0.2, 0.25) is 0 Å². The molecule has 31 heavy (non-hydrogen) atoms. The Hall–Kier alpha value is -2.57. The summed E-state index contributed by atoms with van der Waals surface area (Å²) in [6, 6.07) is 9.91. The average Bonchev–Trinajstić information content (AvgIpc) is 3.52. The van der Waals surface area contributed by atoms with E-state index in [9.17, 15) is 14.4 Å². The standard InChI is InChI=1S/C24H33N3O4/c1-3-31-23(30)27-15-13-26(14-16-27)22(29)20-17-24(20)9-11-25(12-10-24)21(28)18(2)19-7-5-4-6-8-19/h4-8,18,20H,3,9-17H2,1-2H3. The first kappa shape index (κ1) is 21.7. The maximum absolute atomic E-state index is 13.1. The first-order valence-electron chi connectivity index (χ1n) is 11.5. The Balaban J connectivity index is 1.26. The van der Waals surface area contributed by atoms with Crippen molar-refractivity contribution in [3.05, 3.63) is 35.9 Å². The van der Waals surface area contributed by atoms with Gasteiger partial charge in [-0.2, -0.15) is 0 Å². The Morgan fingerprint density at radius 2 is 1.58 bits per heavy atom. The first-order valence-corrected chi connectivity index (χ1v) is 11.5. The van der Waals surface area contributed by atoms with E-state index in [1.807, 2.05) is 47.1 Å². The van der Waals surface area contributed by atoms with Crippen LogP contribution in [0.5, 0.6) is 0 Å². The van der Waals surface area contributed by atoms with Crippen molar-refractivity contribution in [2.75, 3.05) is 45.9 Å². The van der Waals surface area contributed by atoms with Crippen molar-refractivity contribution in [2.24, 2.45) is 11.3 Å². The molecule has 2 heterocycles. The summed E-state index contributed by atoms with van der Waals surface area (Å²) in [6.45, 7) is 7.81. The van der Waals surface area contributed by atoms with E-state index >= 15 is 0 Å². The maximum atomic E-state index is 13.1. The molecule has 4 rings (SSSR count). The van der Waals surface area contributed by atoms with Crippen LogP contribution in [0.3, 0.4) is 0 Å². The number of likely N-dealkylation sites (tertiary alicyclic amines) is 1. The first-order chi connectivity index (χ1) is 14.9. The summed E-state index contributed by atoms with van der Waals surface area (Å²) < 4.78 is 5.05. The highest BCUT2D eigenvalue weighted by atomic mass is 16.6. The molecule has 1 aliphatic carbocycles. The van der Waals surface area contributed by atoms with Crippen LogP contribution in [-0.4, -0.2) is 78.5 Å². The van der Waals surface area contributed by atoms with Crippen LogP contribution in [0.25, 0.3) is 0 Å². The number of nitrogens with zero attached hydrogens (tertiary/aromatic N) is 3. The van der Waals surface area contributed by atoms with Crippen LogP contribution < -0.4 is 0 Å². The lowest BCUT2D eigenvalue weighted by molar-refractivity contribution is -0.136. The number of amides is 3. The third kappa shape index (κ3) is 4.41. The third-order valence-corrected chi connectivity index (χ3v) is 7.35. The summed E-state index contributed by atoms with van der Waals surface area (Å²) in [5, 5.41) is 0. The van der Waals surface area contributed by atoms with Gasteiger partial charge in [0.05, 0.1) is 12.5 Å². The van der Waals surface area contributed by atoms with Gasteiger partial charge in [-0.3, -0.25) is 9.59 Å². The molecule has 3 aliphatic rings. The van der Waals surface area contributed by atoms with Crippen molar-refractivity contribution in [2.45, 2.75) is 39.0 Å². The SMILES string of the molecule is CCOC(=O)N1CCN(C(=O)C2CC23CCN(C(=O)C(C)c2ccccc2)CC3)CC1. The van der Waals surface area contributed by atoms with Crippen LogP contribution in [0.1, 0.15) is 44.6 Å². The fourth-order valence-electron chi connectivity index (χ4n) is 5.12. The van der Waals surface area contributed by atoms with E-state index in [4.69, 9.17) is 4.74 Å². The normalized spacial score (nSPS) is 23.4. The minimum Gasteiger partial charge on any atom is -0.450 e. The highest BCUT2D eigenvalue weighted by molar-refractivity contribution is 5.85. The van der Waals surface area contributed by atoms with Crippen LogP contribution in [0, 0.1) is 11.3 Å². The number of hydrogen-bond acceptors (Lipinski definition) is 4. The second-order valence-corrected chi connectivity index (χ2v) is 9.09. The fraction of sp³-hybridized carbons (Fsp3) is 0.625. The van der Waals surface area contributed by atoms with Crippen LogP contribution in [0.4, 0.5) is 4.79 Å². The van der Waals surface area contributed by atoms with Crippen LogP contribution >= 0.6 is 0 Å². The summed E-state index contributed by atoms with van der Waals surface area (Å²) in [4.78, 5) is 43.4. The van der Waals surface area contributed by atoms with Gasteiger partial charge in [0.15, 0.2) is 0 Å². The van der Waals surface area contributed by atoms with Crippen molar-refractivity contribution < 1.29 is 19.1 Å². The van der Waals surface area contributed by atoms with Crippen molar-refractivity contribution >= 4 is 17.9 Å². The zero-order chi connectivity index (χ0) is 22.0. The van der Waals surface area contributed by atoms with Gasteiger partial charge in [0.25, 0.3) is 0 Å². The quantitative estimate of drug-likeness (QED) is 0.741. The van der Waals surface area contributed by atoms with Gasteiger partial charge in [-0.25, -0.2) is 4.79 Å². The Bertz CT molecular complexity index is 811. The third-order valence-electron chi connectivity index (χ3n) is 7.35. The second-order valence-electron chi connectivity index (χ2n) is 9.09. The van der Waals surface area contributed by atoms with Gasteiger partial charge >= 0.3 is 6.09 Å². The molecule has 7 heteroatoms. The lowest BCUT2D eigenvalue weighted by Gasteiger charge is -2.36. The molecule has 0 aromatic heterocycles. The largest absolute Gasteiger partial charge is 0.450 e. The summed E-state index contributed by atoms with van der Waals surface area (Å²) in [6.07, 6.45) is 2.44. The molecule has 1 aromatic rings. The maximum Gasteiger partial charge on any atom is 0.409 e. The second kappa shape index (κ2) is 8.89. The van der Waals surface area contributed by atoms with E-state index in [-0.39, 0.29) is 35.2 Å². The number of benzene rings is 1. The lowest BCUT2D eigenvalue weighted by atomic mass is 9.89. The number of piperazine rings is 1. The van der Waals surface area contributed by atoms with Gasteiger partial charge in [0.1, 0.15) is 0 Å². The summed E-state index contributed by atoms with van der Waals surface area (Å²) in [5.41, 5.74) is 1.12. The molecular formula is C24H33N3O4. The average molecular weight is 428 g/mol. The Morgan fingerprint density at radius 1 is 0.968 bits per heavy atom. The fourth-order valence-corrected chi connectivity index (χ4v) is 5.12. The van der Waals surface area contributed by atoms with Gasteiger partial charge < -0.3 is 19.4 Å². The molecule has 1 spiro atoms. The lowest BCUT2D eigenvalue weighted by Crippen LogP contribution is -2.51. The monoisotopic (exact) mass is 427 g/mol. The molecule has 1 aromatic carbocycles. The van der Waals surface area contributed by atoms with E-state index in [1.165, 1.54) is 0 Å². The van der Waals surface area contributed by atoms with Gasteiger partial charge in [0.2, 0.25) is 11.8 Å². The molecule has 2 aliphatic heterocycles. The van der Waals surface area contributed by atoms with E-state index in [0.29, 0.717) is 32.8 Å². The Morgan fingerprint density at radius 3 is 2.19 bits per heavy atom. The van der Waals surface area contributed by atoms with Gasteiger partial charge in [-0.1, -0.05) is 30.3 Å². The molecule has 7 nitrogen and oxygen atoms in total. The van der Waals surface area contributed by atoms with Crippen molar-refractivity contribution in [3.63, 3.8) is 0 Å². The number of carbonyl (C=O) groups is 3. The van der Waals surface area contributed by atoms with Crippen molar-refractivity contribution in [3.8, 4) is 0 Å². The minimum absolute atomic E-state index is 0.0716. The number of hydrogen-bond donors (Lipinski definition) is 0. The highest BCUT2D eigenvalue weighted by Crippen LogP contribution is 2.60. The zero-order valence-corrected chi connectivity index (χ0v) is 18.6. The van der Waals surface area contributed by atoms with E-state index < -0.39 is 0 Å². The predicted molar refractivity (Wildman–Crippen MR) is 116 cm³/mol. The minimum atomic E-state index is -0.292. The van der Waals surface area contributed by atoms with Crippen molar-refractivity contribution in [1.29, 1.82) is 0 Å². The molecule has 3 amide bonds. The molecule has 1 saturated carbocycles. The Kier molecular flexibility index (Phi) is 6.21. The molecule has 168 valence electrons. The number of rotatable bonds is 4. The smallest absolute Gasteiger partial charge is 0.409 e. The summed E-state index contributed by atoms with van der Waals surface area (Å²) >= 11 is 0. The van der Waals surface area contributed by atoms with Crippen LogP contribution in [0.15, 0.2) is 30.3 Å². The molecule has 0 bridgehead atoms. The van der Waals surface area contributed by atoms with E-state index in [0.717, 1.165) is 37.9 Å². The van der Waals surface area contributed by atoms with E-state index in [2.05, 4.69) is 0 Å². The summed E-state index contributed by atoms with van der Waals surface area (Å²) in [7, 11) is 0. The number of ether oxygens (including phenoxy) is 1. The molecule has 2 atom stereocenters. The van der Waals surface area contributed by atoms with Gasteiger partial charge in [-0.15, -0.1) is 0 Å². The molecule has 2 unspecified atom stereocenters. The predicted octanol–water partition coefficient (Wildman–Crippen LogP) is 2.72. The molecule has 0 radical (unpaired) electrons. The molecule has 2 saturated heterocycles. The zero-order valence-electron chi connectivity index (χ0n) is 18.6.